The van der Waals surface area contributed by atoms with Crippen LogP contribution in [-0.4, -0.2) is 42.9 Å². The lowest BCUT2D eigenvalue weighted by Gasteiger charge is -2.15. The highest BCUT2D eigenvalue weighted by Gasteiger charge is 2.19. The number of anilines is 2. The fraction of sp³-hybridized carbons (Fsp3) is 0.417. The average Bonchev–Trinajstić information content (AvgIpc) is 2.42. The van der Waals surface area contributed by atoms with Gasteiger partial charge in [0.05, 0.1) is 11.5 Å². The van der Waals surface area contributed by atoms with Crippen molar-refractivity contribution in [3.63, 3.8) is 0 Å². The first-order valence-electron chi connectivity index (χ1n) is 5.94. The van der Waals surface area contributed by atoms with Gasteiger partial charge in [-0.2, -0.15) is 0 Å². The Balaban J connectivity index is 2.89. The van der Waals surface area contributed by atoms with Gasteiger partial charge in [-0.25, -0.2) is 0 Å². The van der Waals surface area contributed by atoms with E-state index in [1.807, 2.05) is 6.92 Å². The molecule has 0 unspecified atom stereocenters. The summed E-state index contributed by atoms with van der Waals surface area (Å²) < 4.78 is 0. The number of amides is 1. The van der Waals surface area contributed by atoms with Crippen molar-refractivity contribution >= 4 is 23.0 Å². The smallest absolute Gasteiger partial charge is 0.315 e. The summed E-state index contributed by atoms with van der Waals surface area (Å²) in [6.07, 6.45) is 0. The number of nitrogens with one attached hydrogen (secondary N) is 2. The topological polar surface area (TPSA) is 87.5 Å². The average molecular weight is 266 g/mol. The number of hydrogen-bond donors (Lipinski definition) is 2. The fourth-order valence-corrected chi connectivity index (χ4v) is 1.57. The second kappa shape index (κ2) is 6.58. The number of likely N-dealkylation sites (N-methyl/N-ethyl adjacent to an activating group) is 1. The van der Waals surface area contributed by atoms with Crippen LogP contribution in [0.4, 0.5) is 17.1 Å². The lowest BCUT2D eigenvalue weighted by molar-refractivity contribution is -0.383. The molecule has 2 N–H and O–H groups in total. The van der Waals surface area contributed by atoms with Crippen LogP contribution in [0.1, 0.15) is 6.92 Å². The quantitative estimate of drug-likeness (QED) is 0.602. The van der Waals surface area contributed by atoms with E-state index in [0.717, 1.165) is 0 Å². The van der Waals surface area contributed by atoms with Gasteiger partial charge in [0.15, 0.2) is 0 Å². The molecule has 104 valence electrons. The molecule has 0 saturated carbocycles. The van der Waals surface area contributed by atoms with Crippen LogP contribution in [0.25, 0.3) is 0 Å². The molecule has 1 aromatic rings. The molecule has 19 heavy (non-hydrogen) atoms. The van der Waals surface area contributed by atoms with E-state index in [0.29, 0.717) is 17.9 Å². The van der Waals surface area contributed by atoms with Crippen LogP contribution < -0.4 is 10.6 Å². The van der Waals surface area contributed by atoms with Crippen molar-refractivity contribution in [2.45, 2.75) is 6.92 Å². The number of carbonyl (C=O) groups excluding carboxylic acids is 1. The summed E-state index contributed by atoms with van der Waals surface area (Å²) >= 11 is 0. The van der Waals surface area contributed by atoms with Gasteiger partial charge < -0.3 is 15.5 Å². The van der Waals surface area contributed by atoms with Gasteiger partial charge in [0.2, 0.25) is 5.91 Å². The Hall–Kier alpha value is -2.31. The van der Waals surface area contributed by atoms with Crippen LogP contribution in [0.3, 0.4) is 0 Å². The second-order valence-electron chi connectivity index (χ2n) is 3.97. The summed E-state index contributed by atoms with van der Waals surface area (Å²) in [6.45, 7) is 2.49. The van der Waals surface area contributed by atoms with Crippen LogP contribution in [0.5, 0.6) is 0 Å². The zero-order chi connectivity index (χ0) is 14.4. The lowest BCUT2D eigenvalue weighted by Crippen LogP contribution is -2.32. The number of rotatable bonds is 6. The molecule has 0 aliphatic heterocycles. The highest BCUT2D eigenvalue weighted by atomic mass is 16.6. The maximum Gasteiger partial charge on any atom is 0.315 e. The maximum atomic E-state index is 11.7. The van der Waals surface area contributed by atoms with Crippen LogP contribution in [0, 0.1) is 10.1 Å². The number of benzene rings is 1. The molecule has 0 spiro atoms. The third-order valence-electron chi connectivity index (χ3n) is 2.82. The molecule has 1 rings (SSSR count). The van der Waals surface area contributed by atoms with Crippen molar-refractivity contribution in [2.75, 3.05) is 37.8 Å². The Morgan fingerprint density at radius 1 is 1.42 bits per heavy atom. The van der Waals surface area contributed by atoms with Crippen molar-refractivity contribution in [1.82, 2.24) is 4.90 Å². The third kappa shape index (κ3) is 3.57. The van der Waals surface area contributed by atoms with Crippen LogP contribution in [0.2, 0.25) is 0 Å². The molecular weight excluding hydrogens is 248 g/mol. The second-order valence-corrected chi connectivity index (χ2v) is 3.97. The molecule has 0 atom stereocenters. The largest absolute Gasteiger partial charge is 0.382 e. The molecule has 1 amide bonds. The Morgan fingerprint density at radius 2 is 2.05 bits per heavy atom. The number of carbonyl (C=O) groups is 1. The van der Waals surface area contributed by atoms with Gasteiger partial charge in [0.25, 0.3) is 0 Å². The number of nitro groups is 1. The first-order valence-corrected chi connectivity index (χ1v) is 5.94. The Kier molecular flexibility index (Phi) is 5.11. The molecule has 0 aliphatic rings. The van der Waals surface area contributed by atoms with Gasteiger partial charge in [0, 0.05) is 20.6 Å². The summed E-state index contributed by atoms with van der Waals surface area (Å²) in [4.78, 5) is 23.8. The first kappa shape index (κ1) is 14.7. The van der Waals surface area contributed by atoms with Gasteiger partial charge in [-0.3, -0.25) is 14.9 Å². The van der Waals surface area contributed by atoms with Gasteiger partial charge in [-0.05, 0) is 19.1 Å². The van der Waals surface area contributed by atoms with Crippen molar-refractivity contribution in [1.29, 1.82) is 0 Å². The summed E-state index contributed by atoms with van der Waals surface area (Å²) in [5, 5.41) is 16.6. The molecule has 0 heterocycles. The highest BCUT2D eigenvalue weighted by molar-refractivity contribution is 5.83. The summed E-state index contributed by atoms with van der Waals surface area (Å²) in [5.74, 6) is -0.119. The lowest BCUT2D eigenvalue weighted by atomic mass is 10.2. The van der Waals surface area contributed by atoms with E-state index in [4.69, 9.17) is 0 Å². The summed E-state index contributed by atoms with van der Waals surface area (Å²) in [7, 11) is 3.30. The molecule has 0 fully saturated rings. The summed E-state index contributed by atoms with van der Waals surface area (Å²) in [5.41, 5.74) is 0.679. The number of nitro benzene ring substituents is 1. The number of nitrogens with zero attached hydrogens (tertiary/aromatic N) is 2. The van der Waals surface area contributed by atoms with Crippen molar-refractivity contribution in [3.8, 4) is 0 Å². The van der Waals surface area contributed by atoms with E-state index in [-0.39, 0.29) is 18.1 Å². The first-order chi connectivity index (χ1) is 9.01. The van der Waals surface area contributed by atoms with E-state index in [9.17, 15) is 14.9 Å². The number of hydrogen-bond acceptors (Lipinski definition) is 5. The molecular formula is C12H18N4O3. The van der Waals surface area contributed by atoms with Gasteiger partial charge in [-0.15, -0.1) is 0 Å². The van der Waals surface area contributed by atoms with Crippen molar-refractivity contribution in [2.24, 2.45) is 0 Å². The molecule has 0 bridgehead atoms. The van der Waals surface area contributed by atoms with Crippen LogP contribution in [0.15, 0.2) is 18.2 Å². The molecule has 0 aromatic heterocycles. The van der Waals surface area contributed by atoms with Gasteiger partial charge in [-0.1, -0.05) is 6.07 Å². The highest BCUT2D eigenvalue weighted by Crippen LogP contribution is 2.32. The standard InChI is InChI=1S/C12H18N4O3/c1-4-15(3)11(17)8-14-10-7-5-6-9(13-2)12(10)16(18)19/h5-7,13-14H,4,8H2,1-3H3. The molecule has 1 aromatic carbocycles. The van der Waals surface area contributed by atoms with E-state index in [1.165, 1.54) is 0 Å². The maximum absolute atomic E-state index is 11.7. The predicted octanol–water partition coefficient (Wildman–Crippen LogP) is 1.53. The fourth-order valence-electron chi connectivity index (χ4n) is 1.57. The van der Waals surface area contributed by atoms with Crippen LogP contribution >= 0.6 is 0 Å². The Labute approximate surface area is 111 Å². The van der Waals surface area contributed by atoms with Crippen LogP contribution in [-0.2, 0) is 4.79 Å². The molecule has 0 radical (unpaired) electrons. The zero-order valence-electron chi connectivity index (χ0n) is 11.3. The van der Waals surface area contributed by atoms with Crippen molar-refractivity contribution in [3.05, 3.63) is 28.3 Å². The van der Waals surface area contributed by atoms with E-state index in [2.05, 4.69) is 10.6 Å². The van der Waals surface area contributed by atoms with Crippen molar-refractivity contribution < 1.29 is 9.72 Å². The van der Waals surface area contributed by atoms with Gasteiger partial charge in [0.1, 0.15) is 11.4 Å². The van der Waals surface area contributed by atoms with Gasteiger partial charge >= 0.3 is 5.69 Å². The Morgan fingerprint density at radius 3 is 2.58 bits per heavy atom. The minimum atomic E-state index is -0.470. The monoisotopic (exact) mass is 266 g/mol. The predicted molar refractivity (Wildman–Crippen MR) is 74.4 cm³/mol. The molecule has 0 aliphatic carbocycles. The summed E-state index contributed by atoms with van der Waals surface area (Å²) in [6, 6.07) is 4.89. The molecule has 0 saturated heterocycles. The number of para-hydroxylation sites is 1. The minimum Gasteiger partial charge on any atom is -0.382 e. The SMILES string of the molecule is CCN(C)C(=O)CNc1cccc(NC)c1[N+](=O)[O-]. The van der Waals surface area contributed by atoms with E-state index >= 15 is 0 Å². The van der Waals surface area contributed by atoms with E-state index in [1.54, 1.807) is 37.2 Å². The zero-order valence-corrected chi connectivity index (χ0v) is 11.3. The third-order valence-corrected chi connectivity index (χ3v) is 2.82. The molecule has 7 nitrogen and oxygen atoms in total. The van der Waals surface area contributed by atoms with E-state index < -0.39 is 4.92 Å². The molecule has 7 heteroatoms. The normalized spacial score (nSPS) is 9.84. The minimum absolute atomic E-state index is 0.0261. The Bertz CT molecular complexity index is 476.